The molecule has 0 saturated carbocycles. The van der Waals surface area contributed by atoms with Crippen molar-refractivity contribution in [1.29, 1.82) is 0 Å². The van der Waals surface area contributed by atoms with Gasteiger partial charge in [0.15, 0.2) is 0 Å². The molecule has 0 atom stereocenters. The minimum absolute atomic E-state index is 1.04. The van der Waals surface area contributed by atoms with Crippen molar-refractivity contribution < 1.29 is 0 Å². The van der Waals surface area contributed by atoms with E-state index >= 15 is 0 Å². The van der Waals surface area contributed by atoms with Crippen LogP contribution in [0.1, 0.15) is 25.0 Å². The molecule has 0 fully saturated rings. The van der Waals surface area contributed by atoms with Gasteiger partial charge in [-0.15, -0.1) is 0 Å². The van der Waals surface area contributed by atoms with Crippen LogP contribution in [0.4, 0.5) is 0 Å². The highest BCUT2D eigenvalue weighted by Gasteiger charge is 1.95. The summed E-state index contributed by atoms with van der Waals surface area (Å²) in [4.78, 5) is 3.94. The maximum atomic E-state index is 3.94. The van der Waals surface area contributed by atoms with Gasteiger partial charge in [0.1, 0.15) is 0 Å². The molecule has 0 bridgehead atoms. The standard InChI is InChI=1S/C9H12N/c1-3-8-5-6-10-7-9(8)4-2/h5-6H,3-4H2,1-2H3. The third-order valence-corrected chi connectivity index (χ3v) is 1.67. The highest BCUT2D eigenvalue weighted by molar-refractivity contribution is 5.21. The highest BCUT2D eigenvalue weighted by atomic mass is 14.6. The minimum atomic E-state index is 1.04. The molecule has 1 aromatic rings. The largest absolute Gasteiger partial charge is 0.254 e. The molecule has 0 N–H and O–H groups in total. The minimum Gasteiger partial charge on any atom is -0.254 e. The van der Waals surface area contributed by atoms with E-state index in [1.165, 1.54) is 11.1 Å². The van der Waals surface area contributed by atoms with Gasteiger partial charge in [0.2, 0.25) is 0 Å². The highest BCUT2D eigenvalue weighted by Crippen LogP contribution is 2.06. The molecule has 1 radical (unpaired) electrons. The summed E-state index contributed by atoms with van der Waals surface area (Å²) in [6.07, 6.45) is 6.92. The van der Waals surface area contributed by atoms with Crippen molar-refractivity contribution in [2.45, 2.75) is 26.7 Å². The monoisotopic (exact) mass is 134 g/mol. The van der Waals surface area contributed by atoms with E-state index in [1.807, 2.05) is 0 Å². The number of aromatic nitrogens is 1. The Balaban J connectivity index is 2.96. The van der Waals surface area contributed by atoms with Gasteiger partial charge in [0.25, 0.3) is 0 Å². The molecular weight excluding hydrogens is 122 g/mol. The Bertz CT molecular complexity index is 183. The van der Waals surface area contributed by atoms with E-state index in [0.717, 1.165) is 12.8 Å². The summed E-state index contributed by atoms with van der Waals surface area (Å²) in [5, 5.41) is 0. The molecule has 0 aliphatic carbocycles. The quantitative estimate of drug-likeness (QED) is 0.603. The Labute approximate surface area is 62.1 Å². The van der Waals surface area contributed by atoms with Gasteiger partial charge in [-0.25, -0.2) is 0 Å². The van der Waals surface area contributed by atoms with Crippen LogP contribution in [0.15, 0.2) is 12.3 Å². The lowest BCUT2D eigenvalue weighted by Gasteiger charge is -2.00. The normalized spacial score (nSPS) is 9.80. The van der Waals surface area contributed by atoms with Gasteiger partial charge in [-0.3, -0.25) is 4.98 Å². The Hall–Kier alpha value is -0.850. The number of rotatable bonds is 2. The molecule has 0 aromatic carbocycles. The van der Waals surface area contributed by atoms with Crippen molar-refractivity contribution in [2.75, 3.05) is 0 Å². The average molecular weight is 134 g/mol. The summed E-state index contributed by atoms with van der Waals surface area (Å²) < 4.78 is 0. The van der Waals surface area contributed by atoms with Gasteiger partial charge in [-0.1, -0.05) is 13.8 Å². The first-order chi connectivity index (χ1) is 4.88. The zero-order valence-corrected chi connectivity index (χ0v) is 6.52. The summed E-state index contributed by atoms with van der Waals surface area (Å²) in [6, 6.07) is 2.06. The van der Waals surface area contributed by atoms with Crippen LogP contribution in [0.25, 0.3) is 0 Å². The maximum absolute atomic E-state index is 3.94. The van der Waals surface area contributed by atoms with Crippen LogP contribution in [-0.4, -0.2) is 4.98 Å². The SMILES string of the molecule is CCc1[c]nccc1CC. The van der Waals surface area contributed by atoms with Crippen LogP contribution in [0, 0.1) is 6.20 Å². The lowest BCUT2D eigenvalue weighted by molar-refractivity contribution is 1.01. The van der Waals surface area contributed by atoms with Crippen molar-refractivity contribution in [1.82, 2.24) is 4.98 Å². The molecule has 0 spiro atoms. The van der Waals surface area contributed by atoms with E-state index in [2.05, 4.69) is 31.1 Å². The maximum Gasteiger partial charge on any atom is 0.0923 e. The summed E-state index contributed by atoms with van der Waals surface area (Å²) >= 11 is 0. The van der Waals surface area contributed by atoms with E-state index in [1.54, 1.807) is 6.20 Å². The average Bonchev–Trinajstić information content (AvgIpc) is 2.04. The topological polar surface area (TPSA) is 12.9 Å². The number of pyridine rings is 1. The lowest BCUT2D eigenvalue weighted by Crippen LogP contribution is -1.91. The van der Waals surface area contributed by atoms with Crippen LogP contribution in [0.2, 0.25) is 0 Å². The number of hydrogen-bond donors (Lipinski definition) is 0. The van der Waals surface area contributed by atoms with Gasteiger partial charge in [-0.2, -0.15) is 0 Å². The van der Waals surface area contributed by atoms with Crippen molar-refractivity contribution >= 4 is 0 Å². The first-order valence-corrected chi connectivity index (χ1v) is 3.73. The van der Waals surface area contributed by atoms with Gasteiger partial charge in [0, 0.05) is 6.20 Å². The smallest absolute Gasteiger partial charge is 0.0923 e. The molecule has 10 heavy (non-hydrogen) atoms. The predicted molar refractivity (Wildman–Crippen MR) is 41.8 cm³/mol. The van der Waals surface area contributed by atoms with Crippen LogP contribution < -0.4 is 0 Å². The zero-order valence-electron chi connectivity index (χ0n) is 6.52. The van der Waals surface area contributed by atoms with Crippen molar-refractivity contribution in [2.24, 2.45) is 0 Å². The van der Waals surface area contributed by atoms with E-state index < -0.39 is 0 Å². The molecule has 0 saturated heterocycles. The fraction of sp³-hybridized carbons (Fsp3) is 0.444. The first-order valence-electron chi connectivity index (χ1n) is 3.73. The predicted octanol–water partition coefficient (Wildman–Crippen LogP) is 2.01. The molecule has 1 heteroatoms. The molecule has 0 unspecified atom stereocenters. The fourth-order valence-electron chi connectivity index (χ4n) is 1.05. The van der Waals surface area contributed by atoms with Gasteiger partial charge < -0.3 is 0 Å². The van der Waals surface area contributed by atoms with E-state index in [-0.39, 0.29) is 0 Å². The molecular formula is C9H12N. The molecule has 0 aliphatic rings. The number of nitrogens with zero attached hydrogens (tertiary/aromatic N) is 1. The number of aryl methyl sites for hydroxylation is 2. The van der Waals surface area contributed by atoms with Crippen LogP contribution in [0.5, 0.6) is 0 Å². The van der Waals surface area contributed by atoms with Crippen molar-refractivity contribution in [3.8, 4) is 0 Å². The molecule has 1 heterocycles. The summed E-state index contributed by atoms with van der Waals surface area (Å²) in [6.45, 7) is 4.29. The fourth-order valence-corrected chi connectivity index (χ4v) is 1.05. The first kappa shape index (κ1) is 7.26. The summed E-state index contributed by atoms with van der Waals surface area (Å²) in [5.74, 6) is 0. The molecule has 53 valence electrons. The molecule has 1 rings (SSSR count). The van der Waals surface area contributed by atoms with Crippen molar-refractivity contribution in [3.05, 3.63) is 29.6 Å². The Morgan fingerprint density at radius 1 is 1.40 bits per heavy atom. The van der Waals surface area contributed by atoms with Gasteiger partial charge >= 0.3 is 0 Å². The van der Waals surface area contributed by atoms with E-state index in [9.17, 15) is 0 Å². The summed E-state index contributed by atoms with van der Waals surface area (Å²) in [7, 11) is 0. The van der Waals surface area contributed by atoms with Crippen LogP contribution >= 0.6 is 0 Å². The number of hydrogen-bond acceptors (Lipinski definition) is 1. The lowest BCUT2D eigenvalue weighted by atomic mass is 10.1. The van der Waals surface area contributed by atoms with E-state index in [0.29, 0.717) is 0 Å². The van der Waals surface area contributed by atoms with E-state index in [4.69, 9.17) is 0 Å². The zero-order chi connectivity index (χ0) is 7.40. The van der Waals surface area contributed by atoms with Crippen molar-refractivity contribution in [3.63, 3.8) is 0 Å². The third-order valence-electron chi connectivity index (χ3n) is 1.67. The van der Waals surface area contributed by atoms with Gasteiger partial charge in [-0.05, 0) is 30.0 Å². The second kappa shape index (κ2) is 3.35. The Morgan fingerprint density at radius 3 is 2.70 bits per heavy atom. The van der Waals surface area contributed by atoms with Gasteiger partial charge in [0.05, 0.1) is 6.20 Å². The van der Waals surface area contributed by atoms with Crippen LogP contribution in [-0.2, 0) is 12.8 Å². The Kier molecular flexibility index (Phi) is 2.43. The third kappa shape index (κ3) is 1.35. The molecule has 1 aromatic heterocycles. The second-order valence-corrected chi connectivity index (χ2v) is 2.27. The molecule has 1 nitrogen and oxygen atoms in total. The Morgan fingerprint density at radius 2 is 2.20 bits per heavy atom. The summed E-state index contributed by atoms with van der Waals surface area (Å²) in [5.41, 5.74) is 2.63. The molecule has 0 aliphatic heterocycles. The molecule has 0 amide bonds. The second-order valence-electron chi connectivity index (χ2n) is 2.27. The van der Waals surface area contributed by atoms with Crippen LogP contribution in [0.3, 0.4) is 0 Å².